The molecule has 0 bridgehead atoms. The average Bonchev–Trinajstić information content (AvgIpc) is 2.77. The molecule has 0 unspecified atom stereocenters. The van der Waals surface area contributed by atoms with Gasteiger partial charge < -0.3 is 9.72 Å². The van der Waals surface area contributed by atoms with Crippen LogP contribution in [0.25, 0.3) is 5.65 Å². The monoisotopic (exact) mass is 271 g/mol. The number of aromatic nitrogens is 2. The third-order valence-corrected chi connectivity index (χ3v) is 4.36. The van der Waals surface area contributed by atoms with Gasteiger partial charge in [-0.15, -0.1) is 0 Å². The number of pyridine rings is 1. The van der Waals surface area contributed by atoms with Crippen LogP contribution in [0.3, 0.4) is 0 Å². The minimum Gasteiger partial charge on any atom is -0.323 e. The number of fused-ring (bicyclic) bond motifs is 1. The number of hydrogen-bond acceptors (Lipinski definition) is 2. The molecule has 0 atom stereocenters. The Morgan fingerprint density at radius 1 is 1.30 bits per heavy atom. The van der Waals surface area contributed by atoms with Crippen molar-refractivity contribution in [3.8, 4) is 0 Å². The molecule has 0 spiro atoms. The molecule has 2 aromatic rings. The molecule has 0 radical (unpaired) electrons. The molecule has 0 aliphatic heterocycles. The number of nitrogens with one attached hydrogen (secondary N) is 1. The molecule has 3 rings (SSSR count). The zero-order valence-electron chi connectivity index (χ0n) is 12.1. The fourth-order valence-corrected chi connectivity index (χ4v) is 3.00. The van der Waals surface area contributed by atoms with E-state index in [1.54, 1.807) is 0 Å². The predicted molar refractivity (Wildman–Crippen MR) is 79.9 cm³/mol. The van der Waals surface area contributed by atoms with Crippen molar-refractivity contribution >= 4 is 17.2 Å². The maximum atomic E-state index is 12.4. The Morgan fingerprint density at radius 2 is 2.05 bits per heavy atom. The number of hydrogen-bond donors (Lipinski definition) is 1. The van der Waals surface area contributed by atoms with Crippen molar-refractivity contribution in [2.45, 2.75) is 46.0 Å². The third kappa shape index (κ3) is 2.30. The Morgan fingerprint density at radius 3 is 2.80 bits per heavy atom. The second-order valence-electron chi connectivity index (χ2n) is 5.72. The Balaban J connectivity index is 1.87. The molecule has 106 valence electrons. The van der Waals surface area contributed by atoms with E-state index in [0.29, 0.717) is 0 Å². The summed E-state index contributed by atoms with van der Waals surface area (Å²) in [5.74, 6) is 0.317. The molecule has 1 amide bonds. The minimum absolute atomic E-state index is 0.149. The summed E-state index contributed by atoms with van der Waals surface area (Å²) < 4.78 is 2.03. The second kappa shape index (κ2) is 5.27. The van der Waals surface area contributed by atoms with E-state index in [9.17, 15) is 4.79 Å². The summed E-state index contributed by atoms with van der Waals surface area (Å²) in [6, 6.07) is 3.89. The molecule has 2 aromatic heterocycles. The highest BCUT2D eigenvalue weighted by atomic mass is 16.1. The summed E-state index contributed by atoms with van der Waals surface area (Å²) in [6.45, 7) is 4.04. The summed E-state index contributed by atoms with van der Waals surface area (Å²) in [4.78, 5) is 16.9. The van der Waals surface area contributed by atoms with Crippen LogP contribution in [0.1, 0.15) is 43.5 Å². The van der Waals surface area contributed by atoms with Crippen molar-refractivity contribution < 1.29 is 4.79 Å². The lowest BCUT2D eigenvalue weighted by Gasteiger charge is -2.20. The van der Waals surface area contributed by atoms with Gasteiger partial charge in [-0.2, -0.15) is 0 Å². The van der Waals surface area contributed by atoms with E-state index in [-0.39, 0.29) is 11.8 Å². The van der Waals surface area contributed by atoms with Crippen LogP contribution < -0.4 is 5.32 Å². The Kier molecular flexibility index (Phi) is 3.47. The molecular weight excluding hydrogens is 250 g/mol. The van der Waals surface area contributed by atoms with Crippen LogP contribution in [-0.2, 0) is 4.79 Å². The first kappa shape index (κ1) is 13.2. The van der Waals surface area contributed by atoms with E-state index in [2.05, 4.69) is 10.3 Å². The van der Waals surface area contributed by atoms with Gasteiger partial charge in [0, 0.05) is 17.8 Å². The summed E-state index contributed by atoms with van der Waals surface area (Å²) in [7, 11) is 0. The minimum atomic E-state index is 0.149. The normalized spacial score (nSPS) is 16.5. The first-order valence-corrected chi connectivity index (χ1v) is 7.42. The van der Waals surface area contributed by atoms with E-state index < -0.39 is 0 Å². The molecule has 1 saturated carbocycles. The molecule has 20 heavy (non-hydrogen) atoms. The molecule has 1 aliphatic carbocycles. The lowest BCUT2D eigenvalue weighted by Crippen LogP contribution is -2.25. The quantitative estimate of drug-likeness (QED) is 0.909. The second-order valence-corrected chi connectivity index (χ2v) is 5.72. The van der Waals surface area contributed by atoms with Crippen LogP contribution in [0, 0.1) is 19.8 Å². The molecular formula is C16H21N3O. The molecule has 0 saturated heterocycles. The van der Waals surface area contributed by atoms with Gasteiger partial charge in [0.2, 0.25) is 5.91 Å². The van der Waals surface area contributed by atoms with Crippen molar-refractivity contribution in [1.29, 1.82) is 0 Å². The van der Waals surface area contributed by atoms with Crippen molar-refractivity contribution in [1.82, 2.24) is 9.38 Å². The predicted octanol–water partition coefficient (Wildman–Crippen LogP) is 3.47. The highest BCUT2D eigenvalue weighted by Crippen LogP contribution is 2.26. The zero-order chi connectivity index (χ0) is 14.1. The highest BCUT2D eigenvalue weighted by Gasteiger charge is 2.22. The van der Waals surface area contributed by atoms with Crippen molar-refractivity contribution in [2.75, 3.05) is 5.32 Å². The number of carbonyl (C=O) groups is 1. The molecule has 1 N–H and O–H groups in total. The van der Waals surface area contributed by atoms with Gasteiger partial charge in [0.1, 0.15) is 0 Å². The number of aryl methyl sites for hydroxylation is 2. The van der Waals surface area contributed by atoms with Crippen LogP contribution in [0.15, 0.2) is 18.3 Å². The molecule has 2 heterocycles. The first-order chi connectivity index (χ1) is 9.66. The Bertz CT molecular complexity index is 638. The van der Waals surface area contributed by atoms with E-state index in [1.165, 1.54) is 19.3 Å². The number of carbonyl (C=O) groups excluding carboxylic acids is 1. The molecule has 1 aliphatic rings. The highest BCUT2D eigenvalue weighted by molar-refractivity contribution is 5.95. The summed E-state index contributed by atoms with van der Waals surface area (Å²) in [5, 5.41) is 3.07. The van der Waals surface area contributed by atoms with Gasteiger partial charge in [-0.1, -0.05) is 19.3 Å². The zero-order valence-corrected chi connectivity index (χ0v) is 12.1. The molecule has 1 fully saturated rings. The van der Waals surface area contributed by atoms with Crippen LogP contribution >= 0.6 is 0 Å². The molecule has 4 heteroatoms. The summed E-state index contributed by atoms with van der Waals surface area (Å²) >= 11 is 0. The SMILES string of the molecule is Cc1nc2c(NC(=O)C3CCCCC3)cccn2c1C. The van der Waals surface area contributed by atoms with E-state index in [0.717, 1.165) is 35.6 Å². The van der Waals surface area contributed by atoms with Crippen LogP contribution in [0.5, 0.6) is 0 Å². The van der Waals surface area contributed by atoms with Crippen LogP contribution in [0.2, 0.25) is 0 Å². The van der Waals surface area contributed by atoms with E-state index in [1.807, 2.05) is 36.6 Å². The van der Waals surface area contributed by atoms with Crippen LogP contribution in [0.4, 0.5) is 5.69 Å². The largest absolute Gasteiger partial charge is 0.323 e. The fraction of sp³-hybridized carbons (Fsp3) is 0.500. The summed E-state index contributed by atoms with van der Waals surface area (Å²) in [5.41, 5.74) is 3.78. The maximum absolute atomic E-state index is 12.4. The number of nitrogens with zero attached hydrogens (tertiary/aromatic N) is 2. The Labute approximate surface area is 119 Å². The number of amides is 1. The standard InChI is InChI=1S/C16H21N3O/c1-11-12(2)19-10-6-9-14(15(19)17-11)18-16(20)13-7-4-3-5-8-13/h6,9-10,13H,3-5,7-8H2,1-2H3,(H,18,20). The van der Waals surface area contributed by atoms with Gasteiger partial charge in [-0.3, -0.25) is 4.79 Å². The van der Waals surface area contributed by atoms with Gasteiger partial charge in [0.25, 0.3) is 0 Å². The number of imidazole rings is 1. The van der Waals surface area contributed by atoms with Gasteiger partial charge in [-0.05, 0) is 38.8 Å². The van der Waals surface area contributed by atoms with Crippen LogP contribution in [-0.4, -0.2) is 15.3 Å². The van der Waals surface area contributed by atoms with Crippen molar-refractivity contribution in [2.24, 2.45) is 5.92 Å². The van der Waals surface area contributed by atoms with Gasteiger partial charge in [0.15, 0.2) is 5.65 Å². The number of rotatable bonds is 2. The van der Waals surface area contributed by atoms with Gasteiger partial charge in [-0.25, -0.2) is 4.98 Å². The lowest BCUT2D eigenvalue weighted by atomic mass is 9.88. The number of anilines is 1. The Hall–Kier alpha value is -1.84. The lowest BCUT2D eigenvalue weighted by molar-refractivity contribution is -0.120. The van der Waals surface area contributed by atoms with Crippen molar-refractivity contribution in [3.63, 3.8) is 0 Å². The van der Waals surface area contributed by atoms with E-state index in [4.69, 9.17) is 0 Å². The summed E-state index contributed by atoms with van der Waals surface area (Å²) in [6.07, 6.45) is 7.62. The topological polar surface area (TPSA) is 46.4 Å². The smallest absolute Gasteiger partial charge is 0.227 e. The average molecular weight is 271 g/mol. The van der Waals surface area contributed by atoms with E-state index >= 15 is 0 Å². The van der Waals surface area contributed by atoms with Crippen molar-refractivity contribution in [3.05, 3.63) is 29.7 Å². The van der Waals surface area contributed by atoms with Gasteiger partial charge >= 0.3 is 0 Å². The fourth-order valence-electron chi connectivity index (χ4n) is 3.00. The molecule has 4 nitrogen and oxygen atoms in total. The third-order valence-electron chi connectivity index (χ3n) is 4.36. The first-order valence-electron chi connectivity index (χ1n) is 7.42. The maximum Gasteiger partial charge on any atom is 0.227 e. The van der Waals surface area contributed by atoms with Gasteiger partial charge in [0.05, 0.1) is 11.4 Å². The molecule has 0 aromatic carbocycles.